The summed E-state index contributed by atoms with van der Waals surface area (Å²) in [5.41, 5.74) is 1.62. The number of hydrogen-bond acceptors (Lipinski definition) is 7. The van der Waals surface area contributed by atoms with Crippen LogP contribution in [0, 0.1) is 0 Å². The van der Waals surface area contributed by atoms with Gasteiger partial charge in [0.25, 0.3) is 5.91 Å². The van der Waals surface area contributed by atoms with Crippen molar-refractivity contribution in [3.63, 3.8) is 0 Å². The zero-order chi connectivity index (χ0) is 24.5. The topological polar surface area (TPSA) is 121 Å². The van der Waals surface area contributed by atoms with Crippen LogP contribution in [-0.2, 0) is 14.3 Å². The largest absolute Gasteiger partial charge is 0.466 e. The van der Waals surface area contributed by atoms with Crippen molar-refractivity contribution in [1.29, 1.82) is 0 Å². The number of guanidine groups is 1. The Morgan fingerprint density at radius 1 is 1.15 bits per heavy atom. The highest BCUT2D eigenvalue weighted by Crippen LogP contribution is 2.25. The van der Waals surface area contributed by atoms with Gasteiger partial charge in [-0.05, 0) is 48.9 Å². The molecule has 0 bridgehead atoms. The first-order valence-corrected chi connectivity index (χ1v) is 11.4. The normalized spacial score (nSPS) is 13.3. The predicted octanol–water partition coefficient (Wildman–Crippen LogP) is 2.91. The van der Waals surface area contributed by atoms with Crippen molar-refractivity contribution in [2.75, 3.05) is 31.6 Å². The predicted molar refractivity (Wildman–Crippen MR) is 131 cm³/mol. The minimum atomic E-state index is -0.730. The van der Waals surface area contributed by atoms with E-state index < -0.39 is 23.8 Å². The number of amides is 2. The van der Waals surface area contributed by atoms with Crippen LogP contribution in [0.4, 0.5) is 5.69 Å². The number of esters is 1. The molecule has 0 radical (unpaired) electrons. The van der Waals surface area contributed by atoms with E-state index in [0.717, 1.165) is 6.54 Å². The maximum atomic E-state index is 12.6. The van der Waals surface area contributed by atoms with E-state index in [1.54, 1.807) is 43.3 Å². The zero-order valence-electron chi connectivity index (χ0n) is 18.5. The van der Waals surface area contributed by atoms with E-state index in [9.17, 15) is 14.4 Å². The number of ether oxygens (including phenoxy) is 1. The first kappa shape index (κ1) is 25.3. The Hall–Kier alpha value is -3.30. The Kier molecular flexibility index (Phi) is 9.12. The van der Waals surface area contributed by atoms with E-state index in [4.69, 9.17) is 27.9 Å². The molecular weight excluding hydrogens is 481 g/mol. The van der Waals surface area contributed by atoms with Gasteiger partial charge in [-0.1, -0.05) is 29.3 Å². The summed E-state index contributed by atoms with van der Waals surface area (Å²) in [5, 5.41) is 12.2. The second-order valence-corrected chi connectivity index (χ2v) is 8.25. The highest BCUT2D eigenvalue weighted by Gasteiger charge is 2.21. The second kappa shape index (κ2) is 12.2. The molecule has 0 saturated carbocycles. The molecule has 3 rings (SSSR count). The van der Waals surface area contributed by atoms with Crippen LogP contribution in [0.5, 0.6) is 0 Å². The highest BCUT2D eigenvalue weighted by atomic mass is 35.5. The Morgan fingerprint density at radius 2 is 1.91 bits per heavy atom. The lowest BCUT2D eigenvalue weighted by Gasteiger charge is -2.19. The summed E-state index contributed by atoms with van der Waals surface area (Å²) >= 11 is 12.2. The van der Waals surface area contributed by atoms with Gasteiger partial charge in [0.2, 0.25) is 5.91 Å². The highest BCUT2D eigenvalue weighted by molar-refractivity contribution is 6.34. The van der Waals surface area contributed by atoms with Gasteiger partial charge in [-0.15, -0.1) is 0 Å². The summed E-state index contributed by atoms with van der Waals surface area (Å²) in [6.07, 6.45) is -0.115. The minimum absolute atomic E-state index is 0.115. The number of carbonyl (C=O) groups excluding carboxylic acids is 3. The molecule has 34 heavy (non-hydrogen) atoms. The van der Waals surface area contributed by atoms with Gasteiger partial charge in [0.15, 0.2) is 5.96 Å². The smallest absolute Gasteiger partial charge is 0.308 e. The van der Waals surface area contributed by atoms with Gasteiger partial charge in [0, 0.05) is 27.8 Å². The molecule has 1 unspecified atom stereocenters. The first-order valence-electron chi connectivity index (χ1n) is 10.7. The number of nitrogens with zero attached hydrogens (tertiary/aromatic N) is 1. The van der Waals surface area contributed by atoms with E-state index in [1.807, 2.05) is 6.07 Å². The zero-order valence-corrected chi connectivity index (χ0v) is 20.0. The molecule has 0 aliphatic carbocycles. The Balaban J connectivity index is 1.61. The van der Waals surface area contributed by atoms with Crippen LogP contribution >= 0.6 is 23.2 Å². The van der Waals surface area contributed by atoms with Crippen LogP contribution in [-0.4, -0.2) is 50.0 Å². The van der Waals surface area contributed by atoms with Gasteiger partial charge >= 0.3 is 5.97 Å². The van der Waals surface area contributed by atoms with Crippen molar-refractivity contribution in [1.82, 2.24) is 16.0 Å². The van der Waals surface area contributed by atoms with Crippen LogP contribution in [0.15, 0.2) is 47.5 Å². The van der Waals surface area contributed by atoms with E-state index in [0.29, 0.717) is 39.4 Å². The maximum Gasteiger partial charge on any atom is 0.308 e. The number of benzene rings is 2. The van der Waals surface area contributed by atoms with Crippen molar-refractivity contribution in [2.24, 2.45) is 4.99 Å². The summed E-state index contributed by atoms with van der Waals surface area (Å²) in [6.45, 7) is 3.06. The average Bonchev–Trinajstić information content (AvgIpc) is 3.30. The van der Waals surface area contributed by atoms with Crippen LogP contribution in [0.3, 0.4) is 0 Å². The van der Waals surface area contributed by atoms with Crippen LogP contribution in [0.2, 0.25) is 10.0 Å². The molecule has 0 aromatic heterocycles. The molecule has 11 heteroatoms. The number of nitrogens with one attached hydrogen (secondary N) is 4. The summed E-state index contributed by atoms with van der Waals surface area (Å²) in [5.74, 6) is -0.755. The van der Waals surface area contributed by atoms with Crippen molar-refractivity contribution in [2.45, 2.75) is 19.4 Å². The molecule has 4 N–H and O–H groups in total. The fourth-order valence-electron chi connectivity index (χ4n) is 3.28. The fraction of sp³-hybridized carbons (Fsp3) is 0.304. The summed E-state index contributed by atoms with van der Waals surface area (Å²) in [4.78, 5) is 41.5. The van der Waals surface area contributed by atoms with E-state index >= 15 is 0 Å². The molecule has 2 aromatic carbocycles. The first-order chi connectivity index (χ1) is 16.3. The van der Waals surface area contributed by atoms with Crippen molar-refractivity contribution in [3.05, 3.63) is 63.6 Å². The minimum Gasteiger partial charge on any atom is -0.466 e. The number of aliphatic imine (C=N–C) groups is 1. The third-order valence-electron chi connectivity index (χ3n) is 4.77. The van der Waals surface area contributed by atoms with Gasteiger partial charge in [0.05, 0.1) is 32.2 Å². The molecule has 0 spiro atoms. The van der Waals surface area contributed by atoms with E-state index in [-0.39, 0.29) is 19.6 Å². The van der Waals surface area contributed by atoms with E-state index in [1.165, 1.54) is 0 Å². The van der Waals surface area contributed by atoms with E-state index in [2.05, 4.69) is 26.3 Å². The lowest BCUT2D eigenvalue weighted by atomic mass is 10.0. The number of halogens is 2. The van der Waals surface area contributed by atoms with Gasteiger partial charge in [0.1, 0.15) is 0 Å². The van der Waals surface area contributed by atoms with Crippen LogP contribution < -0.4 is 21.3 Å². The summed E-state index contributed by atoms with van der Waals surface area (Å²) in [6, 6.07) is 10.9. The average molecular weight is 506 g/mol. The molecule has 1 atom stereocenters. The third kappa shape index (κ3) is 7.64. The van der Waals surface area contributed by atoms with Crippen LogP contribution in [0.25, 0.3) is 0 Å². The summed E-state index contributed by atoms with van der Waals surface area (Å²) < 4.78 is 5.01. The van der Waals surface area contributed by atoms with Gasteiger partial charge in [-0.2, -0.15) is 0 Å². The number of carbonyl (C=O) groups is 3. The quantitative estimate of drug-likeness (QED) is 0.388. The summed E-state index contributed by atoms with van der Waals surface area (Å²) in [7, 11) is 0. The van der Waals surface area contributed by atoms with Gasteiger partial charge in [-0.25, -0.2) is 0 Å². The Labute approximate surface area is 207 Å². The molecule has 0 saturated heterocycles. The van der Waals surface area contributed by atoms with Crippen molar-refractivity contribution in [3.8, 4) is 0 Å². The lowest BCUT2D eigenvalue weighted by molar-refractivity contribution is -0.143. The fourth-order valence-corrected chi connectivity index (χ4v) is 3.82. The molecule has 180 valence electrons. The molecule has 0 fully saturated rings. The van der Waals surface area contributed by atoms with Gasteiger partial charge in [-0.3, -0.25) is 19.4 Å². The number of hydrogen-bond donors (Lipinski definition) is 4. The SMILES string of the molecule is CCOC(=O)CC(NC(=O)CNC(=O)c1cccc(NC2=NCCN2)c1)c1cc(Cl)cc(Cl)c1. The molecule has 9 nitrogen and oxygen atoms in total. The Morgan fingerprint density at radius 3 is 2.59 bits per heavy atom. The number of rotatable bonds is 9. The van der Waals surface area contributed by atoms with Crippen molar-refractivity contribution >= 4 is 52.6 Å². The maximum absolute atomic E-state index is 12.6. The molecule has 1 heterocycles. The standard InChI is InChI=1S/C23H25Cl2N5O4/c1-2-34-21(32)12-19(15-8-16(24)11-17(25)9-15)30-20(31)13-28-22(33)14-4-3-5-18(10-14)29-23-26-6-7-27-23/h3-5,8-11,19H,2,6-7,12-13H2,1H3,(H,28,33)(H,30,31)(H2,26,27,29). The Bertz CT molecular complexity index is 1070. The van der Waals surface area contributed by atoms with Gasteiger partial charge < -0.3 is 26.0 Å². The third-order valence-corrected chi connectivity index (χ3v) is 5.21. The van der Waals surface area contributed by atoms with Crippen molar-refractivity contribution < 1.29 is 19.1 Å². The van der Waals surface area contributed by atoms with Crippen LogP contribution in [0.1, 0.15) is 35.3 Å². The molecular formula is C23H25Cl2N5O4. The molecule has 2 aromatic rings. The monoisotopic (exact) mass is 505 g/mol. The molecule has 1 aliphatic rings. The lowest BCUT2D eigenvalue weighted by Crippen LogP contribution is -2.39. The molecule has 1 aliphatic heterocycles. The number of anilines is 1. The molecule has 2 amide bonds. The second-order valence-electron chi connectivity index (χ2n) is 7.38.